The maximum absolute atomic E-state index is 13.3. The van der Waals surface area contributed by atoms with Crippen molar-refractivity contribution in [3.05, 3.63) is 29.8 Å². The number of carbonyl (C=O) groups is 1. The molecule has 2 heterocycles. The van der Waals surface area contributed by atoms with Gasteiger partial charge in [0, 0.05) is 6.54 Å². The van der Waals surface area contributed by atoms with Crippen molar-refractivity contribution in [2.24, 2.45) is 0 Å². The second kappa shape index (κ2) is 10.3. The van der Waals surface area contributed by atoms with Crippen molar-refractivity contribution < 1.29 is 9.18 Å². The fourth-order valence-corrected chi connectivity index (χ4v) is 4.87. The average Bonchev–Trinajstić information content (AvgIpc) is 3.28. The summed E-state index contributed by atoms with van der Waals surface area (Å²) in [5.74, 6) is 0.649. The highest BCUT2D eigenvalue weighted by molar-refractivity contribution is 7.99. The van der Waals surface area contributed by atoms with Gasteiger partial charge in [-0.2, -0.15) is 0 Å². The van der Waals surface area contributed by atoms with Crippen LogP contribution in [0.3, 0.4) is 0 Å². The molecule has 3 aromatic rings. The Morgan fingerprint density at radius 2 is 2.13 bits per heavy atom. The number of hydrogen-bond donors (Lipinski definition) is 1. The second-order valence-electron chi connectivity index (χ2n) is 7.20. The van der Waals surface area contributed by atoms with Gasteiger partial charge < -0.3 is 9.88 Å². The molecule has 0 radical (unpaired) electrons. The molecule has 1 atom stereocenters. The number of hydrogen-bond acceptors (Lipinski definition) is 7. The summed E-state index contributed by atoms with van der Waals surface area (Å²) in [6, 6.07) is 4.57. The average molecular weight is 451 g/mol. The van der Waals surface area contributed by atoms with Crippen molar-refractivity contribution in [2.45, 2.75) is 50.9 Å². The van der Waals surface area contributed by atoms with Gasteiger partial charge in [-0.15, -0.1) is 10.2 Å². The lowest BCUT2D eigenvalue weighted by Crippen LogP contribution is -2.23. The Balaban J connectivity index is 1.68. The van der Waals surface area contributed by atoms with Gasteiger partial charge in [0.15, 0.2) is 16.1 Å². The lowest BCUT2D eigenvalue weighted by Gasteiger charge is -2.23. The van der Waals surface area contributed by atoms with E-state index in [0.29, 0.717) is 15.3 Å². The van der Waals surface area contributed by atoms with E-state index in [4.69, 9.17) is 0 Å². The van der Waals surface area contributed by atoms with E-state index in [9.17, 15) is 9.18 Å². The molecule has 162 valence electrons. The van der Waals surface area contributed by atoms with Crippen LogP contribution < -0.4 is 5.32 Å². The van der Waals surface area contributed by atoms with E-state index in [1.807, 2.05) is 14.1 Å². The highest BCUT2D eigenvalue weighted by Gasteiger charge is 2.22. The number of halogens is 1. The van der Waals surface area contributed by atoms with Crippen LogP contribution in [0.15, 0.2) is 23.4 Å². The third-order valence-corrected chi connectivity index (χ3v) is 6.62. The third kappa shape index (κ3) is 5.35. The third-order valence-electron chi connectivity index (χ3n) is 4.72. The van der Waals surface area contributed by atoms with E-state index in [1.54, 1.807) is 6.07 Å². The number of unbranched alkanes of at least 4 members (excludes halogenated alkanes) is 1. The molecule has 3 rings (SSSR count). The predicted molar refractivity (Wildman–Crippen MR) is 121 cm³/mol. The number of thiazole rings is 1. The number of nitrogens with zero attached hydrogens (tertiary/aromatic N) is 5. The summed E-state index contributed by atoms with van der Waals surface area (Å²) >= 11 is 2.63. The first-order valence-corrected chi connectivity index (χ1v) is 11.8. The minimum atomic E-state index is -0.315. The first-order chi connectivity index (χ1) is 14.4. The molecule has 0 saturated heterocycles. The molecule has 0 aliphatic heterocycles. The zero-order valence-corrected chi connectivity index (χ0v) is 19.3. The Hall–Kier alpha value is -2.04. The van der Waals surface area contributed by atoms with E-state index in [-0.39, 0.29) is 23.5 Å². The second-order valence-corrected chi connectivity index (χ2v) is 9.17. The van der Waals surface area contributed by atoms with Gasteiger partial charge in [0.1, 0.15) is 5.82 Å². The molecule has 0 fully saturated rings. The van der Waals surface area contributed by atoms with Crippen LogP contribution in [0.25, 0.3) is 10.2 Å². The van der Waals surface area contributed by atoms with Gasteiger partial charge in [0.25, 0.3) is 0 Å². The van der Waals surface area contributed by atoms with Crippen LogP contribution >= 0.6 is 23.1 Å². The fraction of sp³-hybridized carbons (Fsp3) is 0.500. The molecule has 10 heteroatoms. The summed E-state index contributed by atoms with van der Waals surface area (Å²) in [5.41, 5.74) is 0.669. The van der Waals surface area contributed by atoms with Gasteiger partial charge in [-0.05, 0) is 45.1 Å². The molecule has 0 bridgehead atoms. The standard InChI is InChI=1S/C20H27FN6OS2/c1-5-7-10-27-18(15(6-2)26(3)4)24-25-20(27)29-12-17(28)23-19-22-14-9-8-13(21)11-16(14)30-19/h8-9,11,15H,5-7,10,12H2,1-4H3,(H,22,23,28). The van der Waals surface area contributed by atoms with Crippen molar-refractivity contribution in [1.29, 1.82) is 0 Å². The molecule has 1 aromatic carbocycles. The molecule has 2 aromatic heterocycles. The van der Waals surface area contributed by atoms with E-state index in [2.05, 4.69) is 43.8 Å². The molecule has 1 amide bonds. The van der Waals surface area contributed by atoms with E-state index in [0.717, 1.165) is 36.8 Å². The van der Waals surface area contributed by atoms with Gasteiger partial charge in [0.05, 0.1) is 22.0 Å². The van der Waals surface area contributed by atoms with Gasteiger partial charge in [0.2, 0.25) is 5.91 Å². The van der Waals surface area contributed by atoms with Crippen molar-refractivity contribution in [2.75, 3.05) is 25.2 Å². The molecule has 1 N–H and O–H groups in total. The molecular formula is C20H27FN6OS2. The minimum Gasteiger partial charge on any atom is -0.305 e. The Morgan fingerprint density at radius 3 is 2.83 bits per heavy atom. The molecule has 0 aliphatic rings. The lowest BCUT2D eigenvalue weighted by atomic mass is 10.2. The maximum Gasteiger partial charge on any atom is 0.236 e. The van der Waals surface area contributed by atoms with Crippen molar-refractivity contribution >= 4 is 44.4 Å². The van der Waals surface area contributed by atoms with Crippen LogP contribution in [-0.2, 0) is 11.3 Å². The predicted octanol–water partition coefficient (Wildman–Crippen LogP) is 4.57. The number of benzene rings is 1. The smallest absolute Gasteiger partial charge is 0.236 e. The SMILES string of the molecule is CCCCn1c(SCC(=O)Nc2nc3ccc(F)cc3s2)nnc1C(CC)N(C)C. The maximum atomic E-state index is 13.3. The first kappa shape index (κ1) is 22.6. The summed E-state index contributed by atoms with van der Waals surface area (Å²) in [4.78, 5) is 18.9. The Kier molecular flexibility index (Phi) is 7.79. The minimum absolute atomic E-state index is 0.175. The molecule has 30 heavy (non-hydrogen) atoms. The molecule has 0 aliphatic carbocycles. The summed E-state index contributed by atoms with van der Waals surface area (Å²) in [7, 11) is 4.08. The molecule has 0 spiro atoms. The molecule has 7 nitrogen and oxygen atoms in total. The Bertz CT molecular complexity index is 1000. The quantitative estimate of drug-likeness (QED) is 0.456. The fourth-order valence-electron chi connectivity index (χ4n) is 3.20. The number of aromatic nitrogens is 4. The van der Waals surface area contributed by atoms with Crippen LogP contribution in [0.4, 0.5) is 9.52 Å². The largest absolute Gasteiger partial charge is 0.305 e. The van der Waals surface area contributed by atoms with Crippen LogP contribution in [0.1, 0.15) is 45.0 Å². The van der Waals surface area contributed by atoms with Gasteiger partial charge in [-0.25, -0.2) is 9.37 Å². The molecule has 0 saturated carbocycles. The summed E-state index contributed by atoms with van der Waals surface area (Å²) in [6.07, 6.45) is 3.02. The van der Waals surface area contributed by atoms with Gasteiger partial charge in [-0.3, -0.25) is 9.69 Å². The zero-order valence-electron chi connectivity index (χ0n) is 17.7. The summed E-state index contributed by atoms with van der Waals surface area (Å²) < 4.78 is 16.2. The zero-order chi connectivity index (χ0) is 21.7. The topological polar surface area (TPSA) is 75.9 Å². The highest BCUT2D eigenvalue weighted by Crippen LogP contribution is 2.28. The number of anilines is 1. The number of fused-ring (bicyclic) bond motifs is 1. The number of amides is 1. The number of nitrogens with one attached hydrogen (secondary N) is 1. The van der Waals surface area contributed by atoms with Crippen LogP contribution in [0, 0.1) is 5.82 Å². The van der Waals surface area contributed by atoms with Crippen LogP contribution in [0.5, 0.6) is 0 Å². The number of thioether (sulfide) groups is 1. The Morgan fingerprint density at radius 1 is 1.33 bits per heavy atom. The monoisotopic (exact) mass is 450 g/mol. The van der Waals surface area contributed by atoms with E-state index in [1.165, 1.54) is 35.2 Å². The summed E-state index contributed by atoms with van der Waals surface area (Å²) in [5, 5.41) is 12.8. The van der Waals surface area contributed by atoms with Gasteiger partial charge in [-0.1, -0.05) is 43.4 Å². The van der Waals surface area contributed by atoms with E-state index < -0.39 is 0 Å². The first-order valence-electron chi connectivity index (χ1n) is 10.0. The van der Waals surface area contributed by atoms with Crippen molar-refractivity contribution in [3.8, 4) is 0 Å². The van der Waals surface area contributed by atoms with Crippen molar-refractivity contribution in [1.82, 2.24) is 24.6 Å². The Labute approximate surface area is 184 Å². The highest BCUT2D eigenvalue weighted by atomic mass is 32.2. The molecular weight excluding hydrogens is 423 g/mol. The van der Waals surface area contributed by atoms with Crippen LogP contribution in [0.2, 0.25) is 0 Å². The normalized spacial score (nSPS) is 12.6. The lowest BCUT2D eigenvalue weighted by molar-refractivity contribution is -0.113. The summed E-state index contributed by atoms with van der Waals surface area (Å²) in [6.45, 7) is 5.11. The van der Waals surface area contributed by atoms with Gasteiger partial charge >= 0.3 is 0 Å². The van der Waals surface area contributed by atoms with E-state index >= 15 is 0 Å². The number of carbonyl (C=O) groups excluding carboxylic acids is 1. The molecule has 1 unspecified atom stereocenters. The van der Waals surface area contributed by atoms with Crippen LogP contribution in [-0.4, -0.2) is 50.4 Å². The van der Waals surface area contributed by atoms with Crippen molar-refractivity contribution in [3.63, 3.8) is 0 Å². The number of rotatable bonds is 10.